The molecule has 0 fully saturated rings. The maximum Gasteiger partial charge on any atom is 0.250 e. The molecule has 1 aromatic carbocycles. The van der Waals surface area contributed by atoms with Crippen molar-refractivity contribution in [3.8, 4) is 5.88 Å². The molecule has 2 aromatic rings. The van der Waals surface area contributed by atoms with Crippen molar-refractivity contribution in [2.45, 2.75) is 4.90 Å². The second-order valence-corrected chi connectivity index (χ2v) is 4.56. The highest BCUT2D eigenvalue weighted by Crippen LogP contribution is 2.25. The lowest BCUT2D eigenvalue weighted by atomic mass is 10.0. The molecular formula is C14H12FNO2S. The van der Waals surface area contributed by atoms with E-state index in [4.69, 9.17) is 4.74 Å². The second kappa shape index (κ2) is 5.84. The first-order valence-electron chi connectivity index (χ1n) is 5.55. The fraction of sp³-hybridized carbons (Fsp3) is 0.143. The fourth-order valence-corrected chi connectivity index (χ4v) is 2.31. The predicted molar refractivity (Wildman–Crippen MR) is 72.4 cm³/mol. The molecule has 0 unspecified atom stereocenters. The van der Waals surface area contributed by atoms with Crippen LogP contribution in [0.3, 0.4) is 0 Å². The van der Waals surface area contributed by atoms with E-state index in [1.54, 1.807) is 12.1 Å². The molecule has 3 nitrogen and oxygen atoms in total. The van der Waals surface area contributed by atoms with Gasteiger partial charge < -0.3 is 4.74 Å². The van der Waals surface area contributed by atoms with Crippen LogP contribution in [0.25, 0.3) is 0 Å². The number of carbonyl (C=O) groups is 1. The van der Waals surface area contributed by atoms with Crippen LogP contribution in [0, 0.1) is 5.82 Å². The minimum atomic E-state index is -0.731. The Hall–Kier alpha value is -1.88. The second-order valence-electron chi connectivity index (χ2n) is 3.71. The Morgan fingerprint density at radius 2 is 2.00 bits per heavy atom. The predicted octanol–water partition coefficient (Wildman–Crippen LogP) is 3.18. The van der Waals surface area contributed by atoms with Gasteiger partial charge in [-0.25, -0.2) is 9.37 Å². The van der Waals surface area contributed by atoms with E-state index in [-0.39, 0.29) is 17.2 Å². The first-order chi connectivity index (χ1) is 9.19. The smallest absolute Gasteiger partial charge is 0.250 e. The van der Waals surface area contributed by atoms with Crippen molar-refractivity contribution >= 4 is 17.5 Å². The largest absolute Gasteiger partial charge is 0.479 e. The summed E-state index contributed by atoms with van der Waals surface area (Å²) in [6.45, 7) is 0. The third-order valence-corrected chi connectivity index (χ3v) is 3.44. The van der Waals surface area contributed by atoms with E-state index in [9.17, 15) is 9.18 Å². The number of aromatic nitrogens is 1. The van der Waals surface area contributed by atoms with Crippen molar-refractivity contribution in [1.82, 2.24) is 4.98 Å². The number of pyridine rings is 1. The van der Waals surface area contributed by atoms with Crippen LogP contribution in [0.15, 0.2) is 41.4 Å². The molecule has 0 aliphatic rings. The number of hydrogen-bond donors (Lipinski definition) is 0. The molecule has 0 N–H and O–H groups in total. The molecule has 0 atom stereocenters. The van der Waals surface area contributed by atoms with E-state index >= 15 is 0 Å². The lowest BCUT2D eigenvalue weighted by molar-refractivity contribution is 0.103. The monoisotopic (exact) mass is 277 g/mol. The van der Waals surface area contributed by atoms with Gasteiger partial charge in [0.2, 0.25) is 0 Å². The van der Waals surface area contributed by atoms with Crippen LogP contribution >= 0.6 is 11.8 Å². The van der Waals surface area contributed by atoms with E-state index in [0.717, 1.165) is 4.90 Å². The van der Waals surface area contributed by atoms with Crippen LogP contribution in [0.2, 0.25) is 0 Å². The number of halogens is 1. The van der Waals surface area contributed by atoms with Gasteiger partial charge in [-0.05, 0) is 24.5 Å². The average molecular weight is 277 g/mol. The minimum absolute atomic E-state index is 0.0339. The summed E-state index contributed by atoms with van der Waals surface area (Å²) in [5, 5.41) is 0. The molecule has 0 saturated heterocycles. The van der Waals surface area contributed by atoms with E-state index in [0.29, 0.717) is 5.56 Å². The zero-order valence-corrected chi connectivity index (χ0v) is 11.3. The molecule has 0 spiro atoms. The third kappa shape index (κ3) is 2.61. The maximum absolute atomic E-state index is 14.0. The van der Waals surface area contributed by atoms with Crippen molar-refractivity contribution in [1.29, 1.82) is 0 Å². The number of ketones is 1. The normalized spacial score (nSPS) is 10.3. The summed E-state index contributed by atoms with van der Waals surface area (Å²) in [7, 11) is 1.31. The number of hydrogen-bond acceptors (Lipinski definition) is 4. The summed E-state index contributed by atoms with van der Waals surface area (Å²) in [5.41, 5.74) is 0.440. The topological polar surface area (TPSA) is 39.2 Å². The number of rotatable bonds is 4. The number of nitrogens with zero attached hydrogens (tertiary/aromatic N) is 1. The lowest BCUT2D eigenvalue weighted by Gasteiger charge is -2.08. The number of thioether (sulfide) groups is 1. The lowest BCUT2D eigenvalue weighted by Crippen LogP contribution is -2.07. The molecule has 19 heavy (non-hydrogen) atoms. The van der Waals surface area contributed by atoms with Crippen LogP contribution < -0.4 is 4.74 Å². The van der Waals surface area contributed by atoms with Gasteiger partial charge in [0.05, 0.1) is 12.7 Å². The number of ether oxygens (including phenoxy) is 1. The molecule has 0 aliphatic heterocycles. The van der Waals surface area contributed by atoms with Gasteiger partial charge in [0.1, 0.15) is 0 Å². The van der Waals surface area contributed by atoms with Crippen LogP contribution in [-0.4, -0.2) is 24.1 Å². The van der Waals surface area contributed by atoms with Gasteiger partial charge in [-0.2, -0.15) is 0 Å². The van der Waals surface area contributed by atoms with E-state index < -0.39 is 5.82 Å². The Kier molecular flexibility index (Phi) is 4.16. The molecular weight excluding hydrogens is 265 g/mol. The number of methoxy groups -OCH3 is 1. The average Bonchev–Trinajstić information content (AvgIpc) is 2.46. The summed E-state index contributed by atoms with van der Waals surface area (Å²) in [6, 6.07) is 8.46. The zero-order chi connectivity index (χ0) is 13.8. The molecule has 0 radical (unpaired) electrons. The molecule has 5 heteroatoms. The van der Waals surface area contributed by atoms with Crippen molar-refractivity contribution in [3.05, 3.63) is 53.5 Å². The highest BCUT2D eigenvalue weighted by molar-refractivity contribution is 7.98. The minimum Gasteiger partial charge on any atom is -0.479 e. The maximum atomic E-state index is 14.0. The Labute approximate surface area is 114 Å². The van der Waals surface area contributed by atoms with Crippen molar-refractivity contribution in [2.24, 2.45) is 0 Å². The van der Waals surface area contributed by atoms with Crippen LogP contribution in [0.1, 0.15) is 15.9 Å². The summed E-state index contributed by atoms with van der Waals surface area (Å²) >= 11 is 1.44. The molecule has 0 saturated carbocycles. The molecule has 0 aliphatic carbocycles. The van der Waals surface area contributed by atoms with Gasteiger partial charge in [0, 0.05) is 16.7 Å². The van der Waals surface area contributed by atoms with Gasteiger partial charge in [-0.15, -0.1) is 11.8 Å². The van der Waals surface area contributed by atoms with Crippen LogP contribution in [0.4, 0.5) is 4.39 Å². The third-order valence-electron chi connectivity index (χ3n) is 2.65. The summed E-state index contributed by atoms with van der Waals surface area (Å²) < 4.78 is 18.8. The fourth-order valence-electron chi connectivity index (χ4n) is 1.72. The first kappa shape index (κ1) is 13.5. The van der Waals surface area contributed by atoms with Crippen molar-refractivity contribution < 1.29 is 13.9 Å². The van der Waals surface area contributed by atoms with Crippen LogP contribution in [-0.2, 0) is 0 Å². The zero-order valence-electron chi connectivity index (χ0n) is 10.5. The Morgan fingerprint density at radius 3 is 2.68 bits per heavy atom. The molecule has 0 bridgehead atoms. The highest BCUT2D eigenvalue weighted by Gasteiger charge is 2.19. The summed E-state index contributed by atoms with van der Waals surface area (Å²) in [4.78, 5) is 16.9. The summed E-state index contributed by atoms with van der Waals surface area (Å²) in [5.74, 6) is -1.28. The van der Waals surface area contributed by atoms with Crippen molar-refractivity contribution in [2.75, 3.05) is 13.4 Å². The van der Waals surface area contributed by atoms with Crippen LogP contribution in [0.5, 0.6) is 5.88 Å². The molecule has 0 amide bonds. The Balaban J connectivity index is 2.50. The molecule has 2 rings (SSSR count). The first-order valence-corrected chi connectivity index (χ1v) is 6.77. The molecule has 98 valence electrons. The quantitative estimate of drug-likeness (QED) is 0.635. The summed E-state index contributed by atoms with van der Waals surface area (Å²) in [6.07, 6.45) is 3.23. The van der Waals surface area contributed by atoms with Gasteiger partial charge in [0.15, 0.2) is 11.6 Å². The number of carbonyl (C=O) groups excluding carboxylic acids is 1. The molecule has 1 aromatic heterocycles. The SMILES string of the molecule is COc1nccc(C(=O)c2ccccc2SC)c1F. The van der Waals surface area contributed by atoms with E-state index in [1.165, 1.54) is 31.1 Å². The Bertz CT molecular complexity index is 616. The van der Waals surface area contributed by atoms with E-state index in [1.807, 2.05) is 18.4 Å². The van der Waals surface area contributed by atoms with Gasteiger partial charge >= 0.3 is 0 Å². The van der Waals surface area contributed by atoms with Gasteiger partial charge in [0.25, 0.3) is 5.88 Å². The Morgan fingerprint density at radius 1 is 1.26 bits per heavy atom. The van der Waals surface area contributed by atoms with Crippen molar-refractivity contribution in [3.63, 3.8) is 0 Å². The molecule has 1 heterocycles. The highest BCUT2D eigenvalue weighted by atomic mass is 32.2. The number of benzene rings is 1. The van der Waals surface area contributed by atoms with Gasteiger partial charge in [-0.3, -0.25) is 4.79 Å². The van der Waals surface area contributed by atoms with E-state index in [2.05, 4.69) is 4.98 Å². The van der Waals surface area contributed by atoms with Gasteiger partial charge in [-0.1, -0.05) is 12.1 Å². The standard InChI is InChI=1S/C14H12FNO2S/c1-18-14-12(15)10(7-8-16-14)13(17)9-5-3-4-6-11(9)19-2/h3-8H,1-2H3.